The van der Waals surface area contributed by atoms with Crippen molar-refractivity contribution < 1.29 is 9.53 Å². The summed E-state index contributed by atoms with van der Waals surface area (Å²) in [7, 11) is 0. The van der Waals surface area contributed by atoms with Crippen LogP contribution in [-0.4, -0.2) is 36.7 Å². The fraction of sp³-hybridized carbons (Fsp3) is 0.455. The molecule has 6 heteroatoms. The van der Waals surface area contributed by atoms with Gasteiger partial charge in [-0.15, -0.1) is 0 Å². The van der Waals surface area contributed by atoms with E-state index in [0.717, 1.165) is 5.69 Å². The van der Waals surface area contributed by atoms with Gasteiger partial charge in [0.2, 0.25) is 5.91 Å². The van der Waals surface area contributed by atoms with E-state index in [1.807, 2.05) is 11.8 Å². The molecular formula is C11H16N4O2. The van der Waals surface area contributed by atoms with Crippen LogP contribution in [0.2, 0.25) is 0 Å². The SMILES string of the molecule is Cc1nc(N2CCOCC2C(N)=O)ccc1N. The molecule has 0 spiro atoms. The number of aryl methyl sites for hydroxylation is 1. The summed E-state index contributed by atoms with van der Waals surface area (Å²) in [5.74, 6) is 0.310. The average Bonchev–Trinajstić information content (AvgIpc) is 2.32. The number of pyridine rings is 1. The maximum Gasteiger partial charge on any atom is 0.242 e. The van der Waals surface area contributed by atoms with E-state index in [1.165, 1.54) is 0 Å². The lowest BCUT2D eigenvalue weighted by Crippen LogP contribution is -2.53. The third-order valence-electron chi connectivity index (χ3n) is 2.86. The molecule has 2 heterocycles. The maximum atomic E-state index is 11.3. The van der Waals surface area contributed by atoms with Crippen LogP contribution < -0.4 is 16.4 Å². The van der Waals surface area contributed by atoms with Gasteiger partial charge in [0, 0.05) is 6.54 Å². The molecule has 0 radical (unpaired) electrons. The Kier molecular flexibility index (Phi) is 3.14. The molecule has 1 saturated heterocycles. The highest BCUT2D eigenvalue weighted by Gasteiger charge is 2.28. The molecule has 1 aromatic heterocycles. The van der Waals surface area contributed by atoms with Crippen molar-refractivity contribution in [1.29, 1.82) is 0 Å². The van der Waals surface area contributed by atoms with Crippen molar-refractivity contribution in [3.8, 4) is 0 Å². The van der Waals surface area contributed by atoms with E-state index in [-0.39, 0.29) is 0 Å². The average molecular weight is 236 g/mol. The van der Waals surface area contributed by atoms with E-state index >= 15 is 0 Å². The molecule has 0 aliphatic carbocycles. The van der Waals surface area contributed by atoms with Crippen LogP contribution in [-0.2, 0) is 9.53 Å². The zero-order valence-corrected chi connectivity index (χ0v) is 9.72. The summed E-state index contributed by atoms with van der Waals surface area (Å²) >= 11 is 0. The van der Waals surface area contributed by atoms with E-state index in [0.29, 0.717) is 31.3 Å². The van der Waals surface area contributed by atoms with Crippen LogP contribution in [0.5, 0.6) is 0 Å². The van der Waals surface area contributed by atoms with Crippen molar-refractivity contribution in [3.05, 3.63) is 17.8 Å². The number of morpholine rings is 1. The van der Waals surface area contributed by atoms with Gasteiger partial charge in [-0.25, -0.2) is 4.98 Å². The Balaban J connectivity index is 2.29. The molecule has 1 atom stereocenters. The highest BCUT2D eigenvalue weighted by atomic mass is 16.5. The Hall–Kier alpha value is -1.82. The van der Waals surface area contributed by atoms with Crippen molar-refractivity contribution in [2.45, 2.75) is 13.0 Å². The topological polar surface area (TPSA) is 94.5 Å². The summed E-state index contributed by atoms with van der Waals surface area (Å²) in [5, 5.41) is 0. The fourth-order valence-electron chi connectivity index (χ4n) is 1.83. The molecule has 1 unspecified atom stereocenters. The Morgan fingerprint density at radius 1 is 1.59 bits per heavy atom. The lowest BCUT2D eigenvalue weighted by atomic mass is 10.2. The monoisotopic (exact) mass is 236 g/mol. The van der Waals surface area contributed by atoms with E-state index in [4.69, 9.17) is 16.2 Å². The minimum Gasteiger partial charge on any atom is -0.397 e. The molecular weight excluding hydrogens is 220 g/mol. The van der Waals surface area contributed by atoms with Crippen LogP contribution in [0.25, 0.3) is 0 Å². The summed E-state index contributed by atoms with van der Waals surface area (Å²) < 4.78 is 5.25. The van der Waals surface area contributed by atoms with Gasteiger partial charge in [-0.05, 0) is 19.1 Å². The number of ether oxygens (including phenoxy) is 1. The highest BCUT2D eigenvalue weighted by molar-refractivity contribution is 5.83. The van der Waals surface area contributed by atoms with Gasteiger partial charge < -0.3 is 21.1 Å². The lowest BCUT2D eigenvalue weighted by molar-refractivity contribution is -0.121. The first kappa shape index (κ1) is 11.7. The highest BCUT2D eigenvalue weighted by Crippen LogP contribution is 2.20. The largest absolute Gasteiger partial charge is 0.397 e. The zero-order chi connectivity index (χ0) is 12.4. The number of amides is 1. The van der Waals surface area contributed by atoms with Crippen molar-refractivity contribution in [3.63, 3.8) is 0 Å². The number of hydrogen-bond acceptors (Lipinski definition) is 5. The maximum absolute atomic E-state index is 11.3. The van der Waals surface area contributed by atoms with Gasteiger partial charge >= 0.3 is 0 Å². The molecule has 92 valence electrons. The van der Waals surface area contributed by atoms with E-state index in [2.05, 4.69) is 4.98 Å². The van der Waals surface area contributed by atoms with Crippen molar-refractivity contribution in [1.82, 2.24) is 4.98 Å². The number of nitrogens with zero attached hydrogens (tertiary/aromatic N) is 2. The fourth-order valence-corrected chi connectivity index (χ4v) is 1.83. The molecule has 1 aliphatic rings. The first-order valence-corrected chi connectivity index (χ1v) is 5.46. The Labute approximate surface area is 99.5 Å². The van der Waals surface area contributed by atoms with E-state index in [1.54, 1.807) is 12.1 Å². The number of carbonyl (C=O) groups excluding carboxylic acids is 1. The van der Waals surface area contributed by atoms with Gasteiger partial charge in [-0.1, -0.05) is 0 Å². The van der Waals surface area contributed by atoms with Crippen molar-refractivity contribution in [2.75, 3.05) is 30.4 Å². The quantitative estimate of drug-likeness (QED) is 0.732. The number of carbonyl (C=O) groups is 1. The molecule has 0 bridgehead atoms. The third kappa shape index (κ3) is 2.31. The lowest BCUT2D eigenvalue weighted by Gasteiger charge is -2.34. The second-order valence-electron chi connectivity index (χ2n) is 4.03. The third-order valence-corrected chi connectivity index (χ3v) is 2.86. The molecule has 4 N–H and O–H groups in total. The first-order chi connectivity index (χ1) is 8.09. The van der Waals surface area contributed by atoms with E-state index < -0.39 is 11.9 Å². The standard InChI is InChI=1S/C11H16N4O2/c1-7-8(12)2-3-10(14-7)15-4-5-17-6-9(15)11(13)16/h2-3,9H,4-6,12H2,1H3,(H2,13,16). The number of hydrogen-bond donors (Lipinski definition) is 2. The second-order valence-corrected chi connectivity index (χ2v) is 4.03. The van der Waals surface area contributed by atoms with Crippen LogP contribution in [0.1, 0.15) is 5.69 Å². The molecule has 2 rings (SSSR count). The summed E-state index contributed by atoms with van der Waals surface area (Å²) in [4.78, 5) is 17.6. The Morgan fingerprint density at radius 3 is 3.00 bits per heavy atom. The van der Waals surface area contributed by atoms with Gasteiger partial charge in [0.15, 0.2) is 0 Å². The van der Waals surface area contributed by atoms with Crippen molar-refractivity contribution >= 4 is 17.4 Å². The number of rotatable bonds is 2. The van der Waals surface area contributed by atoms with Crippen LogP contribution >= 0.6 is 0 Å². The normalized spacial score (nSPS) is 20.3. The molecule has 1 fully saturated rings. The minimum atomic E-state index is -0.459. The van der Waals surface area contributed by atoms with Crippen LogP contribution in [0, 0.1) is 6.92 Å². The zero-order valence-electron chi connectivity index (χ0n) is 9.72. The number of primary amides is 1. The van der Waals surface area contributed by atoms with Gasteiger partial charge in [-0.2, -0.15) is 0 Å². The van der Waals surface area contributed by atoms with Gasteiger partial charge in [-0.3, -0.25) is 4.79 Å². The first-order valence-electron chi connectivity index (χ1n) is 5.46. The van der Waals surface area contributed by atoms with Gasteiger partial charge in [0.1, 0.15) is 11.9 Å². The molecule has 17 heavy (non-hydrogen) atoms. The Bertz CT molecular complexity index is 435. The molecule has 1 aliphatic heterocycles. The predicted molar refractivity (Wildman–Crippen MR) is 64.5 cm³/mol. The number of anilines is 2. The number of nitrogens with two attached hydrogens (primary N) is 2. The summed E-state index contributed by atoms with van der Waals surface area (Å²) in [6.07, 6.45) is 0. The molecule has 0 saturated carbocycles. The molecule has 1 aromatic rings. The smallest absolute Gasteiger partial charge is 0.242 e. The summed E-state index contributed by atoms with van der Waals surface area (Å²) in [5.41, 5.74) is 12.4. The number of nitrogen functional groups attached to an aromatic ring is 1. The minimum absolute atomic E-state index is 0.306. The van der Waals surface area contributed by atoms with Crippen LogP contribution in [0.15, 0.2) is 12.1 Å². The Morgan fingerprint density at radius 2 is 2.35 bits per heavy atom. The van der Waals surface area contributed by atoms with Crippen LogP contribution in [0.4, 0.5) is 11.5 Å². The summed E-state index contributed by atoms with van der Waals surface area (Å²) in [6.45, 7) is 3.30. The molecule has 1 amide bonds. The predicted octanol–water partition coefficient (Wildman–Crippen LogP) is -0.337. The van der Waals surface area contributed by atoms with Gasteiger partial charge in [0.05, 0.1) is 24.6 Å². The molecule has 0 aromatic carbocycles. The van der Waals surface area contributed by atoms with Gasteiger partial charge in [0.25, 0.3) is 0 Å². The van der Waals surface area contributed by atoms with E-state index in [9.17, 15) is 4.79 Å². The van der Waals surface area contributed by atoms with Crippen molar-refractivity contribution in [2.24, 2.45) is 5.73 Å². The second kappa shape index (κ2) is 4.58. The number of aromatic nitrogens is 1. The molecule has 6 nitrogen and oxygen atoms in total. The summed E-state index contributed by atoms with van der Waals surface area (Å²) in [6, 6.07) is 3.12. The van der Waals surface area contributed by atoms with Crippen LogP contribution in [0.3, 0.4) is 0 Å².